The van der Waals surface area contributed by atoms with Gasteiger partial charge >= 0.3 is 0 Å². The number of methoxy groups -OCH3 is 1. The molecule has 2 aliphatic rings. The van der Waals surface area contributed by atoms with Gasteiger partial charge in [0.1, 0.15) is 0 Å². The minimum Gasteiger partial charge on any atom is -0.385 e. The summed E-state index contributed by atoms with van der Waals surface area (Å²) in [5.74, 6) is 2.54. The SMILES string of the molecule is CCNC(=NCC1CCCN(CC(C)C)C1)N1CCC(OCCCOC)CC1. The van der Waals surface area contributed by atoms with E-state index in [1.807, 2.05) is 0 Å². The number of hydrogen-bond acceptors (Lipinski definition) is 4. The largest absolute Gasteiger partial charge is 0.385 e. The Morgan fingerprint density at radius 3 is 2.61 bits per heavy atom. The zero-order chi connectivity index (χ0) is 20.2. The third-order valence-electron chi connectivity index (χ3n) is 5.65. The molecule has 0 saturated carbocycles. The van der Waals surface area contributed by atoms with Crippen molar-refractivity contribution in [3.63, 3.8) is 0 Å². The summed E-state index contributed by atoms with van der Waals surface area (Å²) in [6.45, 7) is 16.0. The molecule has 0 bridgehead atoms. The molecular weight excluding hydrogens is 352 g/mol. The Balaban J connectivity index is 1.77. The Morgan fingerprint density at radius 1 is 1.14 bits per heavy atom. The van der Waals surface area contributed by atoms with Crippen molar-refractivity contribution < 1.29 is 9.47 Å². The summed E-state index contributed by atoms with van der Waals surface area (Å²) in [4.78, 5) is 10.1. The van der Waals surface area contributed by atoms with Gasteiger partial charge in [0.25, 0.3) is 0 Å². The van der Waals surface area contributed by atoms with E-state index in [1.165, 1.54) is 32.5 Å². The monoisotopic (exact) mass is 396 g/mol. The third-order valence-corrected chi connectivity index (χ3v) is 5.65. The first-order chi connectivity index (χ1) is 13.6. The lowest BCUT2D eigenvalue weighted by atomic mass is 9.97. The molecule has 0 radical (unpaired) electrons. The van der Waals surface area contributed by atoms with Gasteiger partial charge in [-0.1, -0.05) is 13.8 Å². The van der Waals surface area contributed by atoms with E-state index in [1.54, 1.807) is 7.11 Å². The van der Waals surface area contributed by atoms with E-state index in [9.17, 15) is 0 Å². The van der Waals surface area contributed by atoms with E-state index in [-0.39, 0.29) is 0 Å². The van der Waals surface area contributed by atoms with E-state index < -0.39 is 0 Å². The van der Waals surface area contributed by atoms with Crippen LogP contribution in [0.2, 0.25) is 0 Å². The van der Waals surface area contributed by atoms with Crippen molar-refractivity contribution in [1.82, 2.24) is 15.1 Å². The van der Waals surface area contributed by atoms with Crippen LogP contribution in [0, 0.1) is 11.8 Å². The van der Waals surface area contributed by atoms with Gasteiger partial charge in [-0.25, -0.2) is 0 Å². The summed E-state index contributed by atoms with van der Waals surface area (Å²) in [5.41, 5.74) is 0. The van der Waals surface area contributed by atoms with Crippen molar-refractivity contribution in [2.75, 3.05) is 66.1 Å². The second kappa shape index (κ2) is 13.4. The summed E-state index contributed by atoms with van der Waals surface area (Å²) < 4.78 is 11.1. The van der Waals surface area contributed by atoms with E-state index in [4.69, 9.17) is 14.5 Å². The second-order valence-electron chi connectivity index (χ2n) is 8.76. The van der Waals surface area contributed by atoms with Crippen LogP contribution < -0.4 is 5.32 Å². The van der Waals surface area contributed by atoms with Crippen LogP contribution >= 0.6 is 0 Å². The molecule has 0 aromatic heterocycles. The van der Waals surface area contributed by atoms with Gasteiger partial charge < -0.3 is 24.6 Å². The fourth-order valence-corrected chi connectivity index (χ4v) is 4.31. The zero-order valence-corrected chi connectivity index (χ0v) is 18.8. The Hall–Kier alpha value is -0.850. The molecule has 1 N–H and O–H groups in total. The Morgan fingerprint density at radius 2 is 1.93 bits per heavy atom. The molecule has 0 aliphatic carbocycles. The molecule has 6 heteroatoms. The van der Waals surface area contributed by atoms with Gasteiger partial charge in [-0.05, 0) is 57.4 Å². The van der Waals surface area contributed by atoms with Crippen LogP contribution in [-0.2, 0) is 9.47 Å². The molecule has 2 heterocycles. The molecule has 2 fully saturated rings. The van der Waals surface area contributed by atoms with Gasteiger partial charge in [-0.2, -0.15) is 0 Å². The number of likely N-dealkylation sites (tertiary alicyclic amines) is 2. The van der Waals surface area contributed by atoms with Crippen molar-refractivity contribution in [3.8, 4) is 0 Å². The maximum Gasteiger partial charge on any atom is 0.193 e. The van der Waals surface area contributed by atoms with Gasteiger partial charge in [0.05, 0.1) is 6.10 Å². The maximum atomic E-state index is 6.00. The van der Waals surface area contributed by atoms with Crippen LogP contribution in [0.25, 0.3) is 0 Å². The molecule has 2 aliphatic heterocycles. The van der Waals surface area contributed by atoms with Gasteiger partial charge in [-0.3, -0.25) is 4.99 Å². The van der Waals surface area contributed by atoms with Crippen molar-refractivity contribution in [1.29, 1.82) is 0 Å². The van der Waals surface area contributed by atoms with Crippen LogP contribution in [0.4, 0.5) is 0 Å². The van der Waals surface area contributed by atoms with Crippen LogP contribution in [0.1, 0.15) is 52.9 Å². The number of ether oxygens (including phenoxy) is 2. The molecule has 2 rings (SSSR count). The zero-order valence-electron chi connectivity index (χ0n) is 18.8. The molecule has 2 saturated heterocycles. The lowest BCUT2D eigenvalue weighted by Crippen LogP contribution is -2.47. The molecule has 1 unspecified atom stereocenters. The minimum absolute atomic E-state index is 0.388. The van der Waals surface area contributed by atoms with Crippen molar-refractivity contribution in [2.24, 2.45) is 16.8 Å². The summed E-state index contributed by atoms with van der Waals surface area (Å²) in [5, 5.41) is 3.52. The highest BCUT2D eigenvalue weighted by atomic mass is 16.5. The van der Waals surface area contributed by atoms with E-state index in [0.29, 0.717) is 12.0 Å². The number of nitrogens with zero attached hydrogens (tertiary/aromatic N) is 3. The summed E-state index contributed by atoms with van der Waals surface area (Å²) in [6.07, 6.45) is 6.17. The van der Waals surface area contributed by atoms with Gasteiger partial charge in [0.2, 0.25) is 0 Å². The Labute approximate surface area is 173 Å². The molecule has 0 amide bonds. The van der Waals surface area contributed by atoms with E-state index >= 15 is 0 Å². The number of nitrogens with one attached hydrogen (secondary N) is 1. The summed E-state index contributed by atoms with van der Waals surface area (Å²) in [7, 11) is 1.75. The van der Waals surface area contributed by atoms with Crippen LogP contribution in [-0.4, -0.2) is 88.0 Å². The number of rotatable bonds is 10. The predicted molar refractivity (Wildman–Crippen MR) is 117 cm³/mol. The normalized spacial score (nSPS) is 22.8. The van der Waals surface area contributed by atoms with Gasteiger partial charge in [-0.15, -0.1) is 0 Å². The Kier molecular flexibility index (Phi) is 11.2. The van der Waals surface area contributed by atoms with Crippen molar-refractivity contribution in [3.05, 3.63) is 0 Å². The van der Waals surface area contributed by atoms with Crippen LogP contribution in [0.5, 0.6) is 0 Å². The first-order valence-electron chi connectivity index (χ1n) is 11.5. The topological polar surface area (TPSA) is 49.3 Å². The minimum atomic E-state index is 0.388. The predicted octanol–water partition coefficient (Wildman–Crippen LogP) is 2.84. The average molecular weight is 397 g/mol. The first-order valence-corrected chi connectivity index (χ1v) is 11.5. The highest BCUT2D eigenvalue weighted by Crippen LogP contribution is 2.19. The molecule has 0 aromatic rings. The van der Waals surface area contributed by atoms with Crippen molar-refractivity contribution >= 4 is 5.96 Å². The third kappa shape index (κ3) is 8.66. The van der Waals surface area contributed by atoms with Crippen molar-refractivity contribution in [2.45, 2.75) is 59.0 Å². The molecule has 28 heavy (non-hydrogen) atoms. The highest BCUT2D eigenvalue weighted by molar-refractivity contribution is 5.80. The van der Waals surface area contributed by atoms with E-state index in [2.05, 4.69) is 35.9 Å². The number of guanidine groups is 1. The average Bonchev–Trinajstić information content (AvgIpc) is 2.69. The Bertz CT molecular complexity index is 436. The quantitative estimate of drug-likeness (QED) is 0.350. The molecule has 6 nitrogen and oxygen atoms in total. The highest BCUT2D eigenvalue weighted by Gasteiger charge is 2.23. The lowest BCUT2D eigenvalue weighted by Gasteiger charge is -2.35. The van der Waals surface area contributed by atoms with Gasteiger partial charge in [0, 0.05) is 59.6 Å². The number of aliphatic imine (C=N–C) groups is 1. The van der Waals surface area contributed by atoms with E-state index in [0.717, 1.165) is 70.5 Å². The maximum absolute atomic E-state index is 6.00. The fraction of sp³-hybridized carbons (Fsp3) is 0.955. The summed E-state index contributed by atoms with van der Waals surface area (Å²) in [6, 6.07) is 0. The molecule has 0 aromatic carbocycles. The number of piperidine rings is 2. The molecule has 0 spiro atoms. The smallest absolute Gasteiger partial charge is 0.193 e. The second-order valence-corrected chi connectivity index (χ2v) is 8.76. The molecule has 1 atom stereocenters. The van der Waals surface area contributed by atoms with Gasteiger partial charge in [0.15, 0.2) is 5.96 Å². The fourth-order valence-electron chi connectivity index (χ4n) is 4.31. The first kappa shape index (κ1) is 23.4. The molecule has 164 valence electrons. The van der Waals surface area contributed by atoms with Crippen LogP contribution in [0.15, 0.2) is 4.99 Å². The number of hydrogen-bond donors (Lipinski definition) is 1. The van der Waals surface area contributed by atoms with Crippen LogP contribution in [0.3, 0.4) is 0 Å². The molecular formula is C22H44N4O2. The summed E-state index contributed by atoms with van der Waals surface area (Å²) >= 11 is 0. The lowest BCUT2D eigenvalue weighted by molar-refractivity contribution is 0.00988. The standard InChI is InChI=1S/C22H44N4O2/c1-5-23-22(24-16-20-8-6-11-25(18-20)17-19(2)3)26-12-9-21(10-13-26)28-15-7-14-27-4/h19-21H,5-18H2,1-4H3,(H,23,24).